The second kappa shape index (κ2) is 5.08. The number of ether oxygens (including phenoxy) is 1. The molecule has 94 valence electrons. The van der Waals surface area contributed by atoms with Crippen LogP contribution >= 0.6 is 0 Å². The summed E-state index contributed by atoms with van der Waals surface area (Å²) in [6.45, 7) is 5.59. The lowest BCUT2D eigenvalue weighted by Crippen LogP contribution is -2.59. The minimum absolute atomic E-state index is 0.0308. The standard InChI is InChI=1S/C15H17NO2/c1-4-5-6-14-11(2)15(17)16(14)12-7-9-13(18-3)10-8-12/h4-11,14H,1H2,2-3H3/b6-5+/t11-,14+/m1/s1. The fraction of sp³-hybridized carbons (Fsp3) is 0.267. The van der Waals surface area contributed by atoms with Crippen molar-refractivity contribution in [2.24, 2.45) is 5.92 Å². The Morgan fingerprint density at radius 3 is 2.56 bits per heavy atom. The number of allylic oxidation sites excluding steroid dienone is 2. The van der Waals surface area contributed by atoms with Crippen LogP contribution in [0.5, 0.6) is 5.75 Å². The number of benzene rings is 1. The Morgan fingerprint density at radius 1 is 1.33 bits per heavy atom. The predicted molar refractivity (Wildman–Crippen MR) is 72.8 cm³/mol. The molecule has 0 spiro atoms. The summed E-state index contributed by atoms with van der Waals surface area (Å²) in [5.74, 6) is 0.972. The van der Waals surface area contributed by atoms with Crippen LogP contribution in [0.15, 0.2) is 49.1 Å². The van der Waals surface area contributed by atoms with Gasteiger partial charge in [-0.1, -0.05) is 31.7 Å². The van der Waals surface area contributed by atoms with Crippen LogP contribution in [-0.4, -0.2) is 19.1 Å². The summed E-state index contributed by atoms with van der Waals surface area (Å²) in [6.07, 6.45) is 5.61. The van der Waals surface area contributed by atoms with E-state index in [1.54, 1.807) is 18.1 Å². The van der Waals surface area contributed by atoms with Crippen molar-refractivity contribution in [3.8, 4) is 5.75 Å². The van der Waals surface area contributed by atoms with Crippen LogP contribution in [0.4, 0.5) is 5.69 Å². The number of amides is 1. The molecule has 2 atom stereocenters. The molecule has 18 heavy (non-hydrogen) atoms. The van der Waals surface area contributed by atoms with E-state index in [0.717, 1.165) is 11.4 Å². The van der Waals surface area contributed by atoms with E-state index in [4.69, 9.17) is 4.74 Å². The lowest BCUT2D eigenvalue weighted by atomic mass is 9.88. The predicted octanol–water partition coefficient (Wildman–Crippen LogP) is 2.79. The normalized spacial score (nSPS) is 23.0. The third-order valence-corrected chi connectivity index (χ3v) is 3.23. The van der Waals surface area contributed by atoms with Crippen LogP contribution in [0, 0.1) is 5.92 Å². The number of hydrogen-bond donors (Lipinski definition) is 0. The van der Waals surface area contributed by atoms with E-state index >= 15 is 0 Å². The molecule has 0 aliphatic carbocycles. The molecule has 0 unspecified atom stereocenters. The minimum Gasteiger partial charge on any atom is -0.497 e. The summed E-state index contributed by atoms with van der Waals surface area (Å²) in [4.78, 5) is 13.7. The van der Waals surface area contributed by atoms with Crippen molar-refractivity contribution in [1.29, 1.82) is 0 Å². The summed E-state index contributed by atoms with van der Waals surface area (Å²) in [5.41, 5.74) is 0.901. The Labute approximate surface area is 107 Å². The number of rotatable bonds is 4. The fourth-order valence-corrected chi connectivity index (χ4v) is 2.14. The fourth-order valence-electron chi connectivity index (χ4n) is 2.14. The first-order valence-electron chi connectivity index (χ1n) is 5.95. The number of carbonyl (C=O) groups is 1. The molecule has 1 fully saturated rings. The molecule has 1 saturated heterocycles. The highest BCUT2D eigenvalue weighted by molar-refractivity contribution is 6.03. The molecule has 0 bridgehead atoms. The van der Waals surface area contributed by atoms with Crippen molar-refractivity contribution >= 4 is 11.6 Å². The zero-order chi connectivity index (χ0) is 13.1. The Morgan fingerprint density at radius 2 is 2.00 bits per heavy atom. The van der Waals surface area contributed by atoms with Gasteiger partial charge in [0.2, 0.25) is 5.91 Å². The van der Waals surface area contributed by atoms with Gasteiger partial charge in [0.05, 0.1) is 19.1 Å². The van der Waals surface area contributed by atoms with Crippen molar-refractivity contribution in [1.82, 2.24) is 0 Å². The maximum absolute atomic E-state index is 11.9. The summed E-state index contributed by atoms with van der Waals surface area (Å²) in [5, 5.41) is 0. The number of hydrogen-bond acceptors (Lipinski definition) is 2. The molecule has 3 heteroatoms. The molecule has 3 nitrogen and oxygen atoms in total. The molecular weight excluding hydrogens is 226 g/mol. The van der Waals surface area contributed by atoms with Crippen molar-refractivity contribution < 1.29 is 9.53 Å². The largest absolute Gasteiger partial charge is 0.497 e. The molecule has 0 saturated carbocycles. The summed E-state index contributed by atoms with van der Waals surface area (Å²) in [6, 6.07) is 7.64. The summed E-state index contributed by atoms with van der Waals surface area (Å²) < 4.78 is 5.11. The third kappa shape index (κ3) is 2.04. The first-order chi connectivity index (χ1) is 8.69. The van der Waals surface area contributed by atoms with E-state index in [9.17, 15) is 4.79 Å². The van der Waals surface area contributed by atoms with Gasteiger partial charge in [0.25, 0.3) is 0 Å². The van der Waals surface area contributed by atoms with Crippen LogP contribution in [0.2, 0.25) is 0 Å². The number of nitrogens with zero attached hydrogens (tertiary/aromatic N) is 1. The average Bonchev–Trinajstić information content (AvgIpc) is 2.42. The molecule has 0 radical (unpaired) electrons. The second-order valence-electron chi connectivity index (χ2n) is 4.31. The minimum atomic E-state index is 0.0308. The Bertz CT molecular complexity index is 476. The molecule has 1 aliphatic rings. The Kier molecular flexibility index (Phi) is 3.51. The van der Waals surface area contributed by atoms with Gasteiger partial charge < -0.3 is 9.64 Å². The Balaban J connectivity index is 2.22. The van der Waals surface area contributed by atoms with E-state index in [1.165, 1.54) is 0 Å². The molecule has 2 rings (SSSR count). The SMILES string of the molecule is C=C/C=C/[C@H]1[C@@H](C)C(=O)N1c1ccc(OC)cc1. The average molecular weight is 243 g/mol. The number of carbonyl (C=O) groups excluding carboxylic acids is 1. The molecule has 1 aliphatic heterocycles. The molecule has 0 aromatic heterocycles. The van der Waals surface area contributed by atoms with Crippen LogP contribution in [0.3, 0.4) is 0 Å². The van der Waals surface area contributed by atoms with E-state index < -0.39 is 0 Å². The molecule has 1 heterocycles. The highest BCUT2D eigenvalue weighted by atomic mass is 16.5. The van der Waals surface area contributed by atoms with Gasteiger partial charge in [0, 0.05) is 5.69 Å². The molecule has 1 aromatic rings. The number of methoxy groups -OCH3 is 1. The van der Waals surface area contributed by atoms with E-state index in [-0.39, 0.29) is 17.9 Å². The highest BCUT2D eigenvalue weighted by Crippen LogP contribution is 2.33. The van der Waals surface area contributed by atoms with E-state index in [1.807, 2.05) is 43.3 Å². The van der Waals surface area contributed by atoms with Crippen molar-refractivity contribution in [2.45, 2.75) is 13.0 Å². The van der Waals surface area contributed by atoms with Crippen LogP contribution < -0.4 is 9.64 Å². The second-order valence-corrected chi connectivity index (χ2v) is 4.31. The van der Waals surface area contributed by atoms with Gasteiger partial charge in [0.1, 0.15) is 5.75 Å². The zero-order valence-electron chi connectivity index (χ0n) is 10.7. The van der Waals surface area contributed by atoms with Crippen molar-refractivity contribution in [3.05, 3.63) is 49.1 Å². The summed E-state index contributed by atoms with van der Waals surface area (Å²) in [7, 11) is 1.63. The van der Waals surface area contributed by atoms with Crippen LogP contribution in [-0.2, 0) is 4.79 Å². The quantitative estimate of drug-likeness (QED) is 0.601. The van der Waals surface area contributed by atoms with Gasteiger partial charge in [-0.15, -0.1) is 0 Å². The van der Waals surface area contributed by atoms with Crippen LogP contribution in [0.1, 0.15) is 6.92 Å². The van der Waals surface area contributed by atoms with E-state index in [0.29, 0.717) is 0 Å². The monoisotopic (exact) mass is 243 g/mol. The van der Waals surface area contributed by atoms with Gasteiger partial charge in [-0.05, 0) is 24.3 Å². The maximum Gasteiger partial charge on any atom is 0.232 e. The zero-order valence-corrected chi connectivity index (χ0v) is 10.7. The van der Waals surface area contributed by atoms with Crippen molar-refractivity contribution in [3.63, 3.8) is 0 Å². The molecule has 1 amide bonds. The van der Waals surface area contributed by atoms with Gasteiger partial charge >= 0.3 is 0 Å². The van der Waals surface area contributed by atoms with Gasteiger partial charge in [-0.2, -0.15) is 0 Å². The third-order valence-electron chi connectivity index (χ3n) is 3.23. The molecule has 0 N–H and O–H groups in total. The highest BCUT2D eigenvalue weighted by Gasteiger charge is 2.43. The van der Waals surface area contributed by atoms with E-state index in [2.05, 4.69) is 6.58 Å². The lowest BCUT2D eigenvalue weighted by Gasteiger charge is -2.44. The first kappa shape index (κ1) is 12.4. The lowest BCUT2D eigenvalue weighted by molar-refractivity contribution is -0.128. The first-order valence-corrected chi connectivity index (χ1v) is 5.95. The molecule has 1 aromatic carbocycles. The Hall–Kier alpha value is -2.03. The van der Waals surface area contributed by atoms with Gasteiger partial charge in [-0.25, -0.2) is 0 Å². The van der Waals surface area contributed by atoms with Crippen LogP contribution in [0.25, 0.3) is 0 Å². The number of anilines is 1. The smallest absolute Gasteiger partial charge is 0.232 e. The number of β-lactam (4-membered cyclic amide) rings is 1. The van der Waals surface area contributed by atoms with Gasteiger partial charge in [-0.3, -0.25) is 4.79 Å². The maximum atomic E-state index is 11.9. The molecular formula is C15H17NO2. The van der Waals surface area contributed by atoms with Crippen molar-refractivity contribution in [2.75, 3.05) is 12.0 Å². The summed E-state index contributed by atoms with van der Waals surface area (Å²) >= 11 is 0. The van der Waals surface area contributed by atoms with Gasteiger partial charge in [0.15, 0.2) is 0 Å². The topological polar surface area (TPSA) is 29.5 Å².